The van der Waals surface area contributed by atoms with Gasteiger partial charge in [0.05, 0.1) is 12.8 Å². The van der Waals surface area contributed by atoms with Crippen molar-refractivity contribution in [3.8, 4) is 0 Å². The summed E-state index contributed by atoms with van der Waals surface area (Å²) in [5.41, 5.74) is 1.81. The molecule has 136 valence electrons. The van der Waals surface area contributed by atoms with Gasteiger partial charge in [0.25, 0.3) is 10.0 Å². The molecular weight excluding hydrogens is 458 g/mol. The number of hydrogen-bond donors (Lipinski definition) is 1. The minimum atomic E-state index is -3.92. The molecule has 0 fully saturated rings. The molecule has 2 aromatic carbocycles. The van der Waals surface area contributed by atoms with E-state index < -0.39 is 15.8 Å². The summed E-state index contributed by atoms with van der Waals surface area (Å²) >= 11 is 2.19. The van der Waals surface area contributed by atoms with Gasteiger partial charge < -0.3 is 5.32 Å². The second-order valence-electron chi connectivity index (χ2n) is 5.44. The highest BCUT2D eigenvalue weighted by Gasteiger charge is 2.27. The third-order valence-electron chi connectivity index (χ3n) is 3.56. The molecular formula is C17H20FIN2O3S. The van der Waals surface area contributed by atoms with Crippen molar-refractivity contribution in [2.24, 2.45) is 0 Å². The van der Waals surface area contributed by atoms with E-state index >= 15 is 0 Å². The van der Waals surface area contributed by atoms with Gasteiger partial charge in [-0.05, 0) is 77.9 Å². The van der Waals surface area contributed by atoms with Crippen LogP contribution >= 0.6 is 22.6 Å². The van der Waals surface area contributed by atoms with E-state index in [0.717, 1.165) is 19.7 Å². The van der Waals surface area contributed by atoms with Gasteiger partial charge in [-0.2, -0.15) is 0 Å². The highest BCUT2D eigenvalue weighted by molar-refractivity contribution is 14.1. The predicted molar refractivity (Wildman–Crippen MR) is 105 cm³/mol. The Morgan fingerprint density at radius 1 is 1.20 bits per heavy atom. The number of hydrogen-bond acceptors (Lipinski definition) is 4. The molecule has 8 heteroatoms. The van der Waals surface area contributed by atoms with Crippen molar-refractivity contribution in [1.29, 1.82) is 0 Å². The van der Waals surface area contributed by atoms with Gasteiger partial charge in [-0.3, -0.25) is 4.84 Å². The van der Waals surface area contributed by atoms with E-state index in [1.807, 2.05) is 32.0 Å². The normalized spacial score (nSPS) is 11.8. The minimum absolute atomic E-state index is 0.0397. The third kappa shape index (κ3) is 4.69. The Hall–Kier alpha value is -1.23. The number of anilines is 2. The molecule has 5 nitrogen and oxygen atoms in total. The van der Waals surface area contributed by atoms with E-state index in [1.54, 1.807) is 0 Å². The number of hydroxylamine groups is 1. The van der Waals surface area contributed by atoms with Crippen molar-refractivity contribution in [2.45, 2.75) is 25.2 Å². The SMILES string of the molecule is CCCN(OC)S(=O)(=O)c1ccc(F)cc1Nc1ccc(I)cc1C. The molecule has 2 rings (SSSR count). The van der Waals surface area contributed by atoms with Crippen LogP contribution in [0.5, 0.6) is 0 Å². The Morgan fingerprint density at radius 2 is 1.92 bits per heavy atom. The smallest absolute Gasteiger partial charge is 0.267 e. The van der Waals surface area contributed by atoms with E-state index in [1.165, 1.54) is 19.2 Å². The fourth-order valence-corrected chi connectivity index (χ4v) is 4.45. The summed E-state index contributed by atoms with van der Waals surface area (Å²) < 4.78 is 41.4. The van der Waals surface area contributed by atoms with Crippen LogP contribution in [0.2, 0.25) is 0 Å². The van der Waals surface area contributed by atoms with Crippen LogP contribution in [0.15, 0.2) is 41.3 Å². The van der Waals surface area contributed by atoms with Crippen LogP contribution in [0.25, 0.3) is 0 Å². The molecule has 0 saturated carbocycles. The largest absolute Gasteiger partial charge is 0.354 e. The monoisotopic (exact) mass is 478 g/mol. The molecule has 0 atom stereocenters. The van der Waals surface area contributed by atoms with Gasteiger partial charge in [0.15, 0.2) is 0 Å². The van der Waals surface area contributed by atoms with E-state index in [2.05, 4.69) is 27.9 Å². The molecule has 0 aliphatic heterocycles. The lowest BCUT2D eigenvalue weighted by Crippen LogP contribution is -2.31. The van der Waals surface area contributed by atoms with Gasteiger partial charge >= 0.3 is 0 Å². The minimum Gasteiger partial charge on any atom is -0.354 e. The second kappa shape index (κ2) is 8.43. The van der Waals surface area contributed by atoms with Crippen molar-refractivity contribution >= 4 is 44.0 Å². The van der Waals surface area contributed by atoms with Gasteiger partial charge in [0, 0.05) is 15.8 Å². The Labute approximate surface area is 161 Å². The third-order valence-corrected chi connectivity index (χ3v) is 6.01. The number of rotatable bonds is 7. The maximum atomic E-state index is 13.8. The number of sulfonamides is 1. The first-order valence-corrected chi connectivity index (χ1v) is 10.2. The molecule has 0 radical (unpaired) electrons. The zero-order valence-corrected chi connectivity index (χ0v) is 17.2. The van der Waals surface area contributed by atoms with Crippen LogP contribution in [-0.4, -0.2) is 26.5 Å². The van der Waals surface area contributed by atoms with E-state index in [-0.39, 0.29) is 17.1 Å². The zero-order valence-electron chi connectivity index (χ0n) is 14.2. The van der Waals surface area contributed by atoms with Crippen LogP contribution in [0, 0.1) is 16.3 Å². The first-order valence-electron chi connectivity index (χ1n) is 7.69. The van der Waals surface area contributed by atoms with Crippen LogP contribution in [0.3, 0.4) is 0 Å². The van der Waals surface area contributed by atoms with Gasteiger partial charge in [0.1, 0.15) is 10.7 Å². The van der Waals surface area contributed by atoms with Crippen molar-refractivity contribution in [2.75, 3.05) is 19.0 Å². The fraction of sp³-hybridized carbons (Fsp3) is 0.294. The lowest BCUT2D eigenvalue weighted by Gasteiger charge is -2.21. The molecule has 0 heterocycles. The molecule has 0 aromatic heterocycles. The van der Waals surface area contributed by atoms with Gasteiger partial charge in [0.2, 0.25) is 0 Å². The maximum absolute atomic E-state index is 13.8. The van der Waals surface area contributed by atoms with E-state index in [0.29, 0.717) is 12.1 Å². The first kappa shape index (κ1) is 20.1. The standard InChI is InChI=1S/C17H20FIN2O3S/c1-4-9-21(24-3)25(22,23)17-8-5-13(18)11-16(17)20-15-7-6-14(19)10-12(15)2/h5-8,10-11,20H,4,9H2,1-3H3. The maximum Gasteiger partial charge on any atom is 0.267 e. The predicted octanol–water partition coefficient (Wildman–Crippen LogP) is 4.44. The van der Waals surface area contributed by atoms with Gasteiger partial charge in [-0.25, -0.2) is 12.8 Å². The molecule has 0 aliphatic carbocycles. The quantitative estimate of drug-likeness (QED) is 0.472. The summed E-state index contributed by atoms with van der Waals surface area (Å²) in [7, 11) is -2.62. The summed E-state index contributed by atoms with van der Waals surface area (Å²) in [5.74, 6) is -0.524. The second-order valence-corrected chi connectivity index (χ2v) is 8.48. The molecule has 0 amide bonds. The molecule has 0 unspecified atom stereocenters. The summed E-state index contributed by atoms with van der Waals surface area (Å²) in [6.07, 6.45) is 0.591. The summed E-state index contributed by atoms with van der Waals surface area (Å²) in [6.45, 7) is 3.95. The average molecular weight is 478 g/mol. The van der Waals surface area contributed by atoms with Crippen LogP contribution in [-0.2, 0) is 14.9 Å². The Balaban J connectivity index is 2.50. The molecule has 0 aliphatic rings. The van der Waals surface area contributed by atoms with Crippen molar-refractivity contribution in [3.63, 3.8) is 0 Å². The topological polar surface area (TPSA) is 58.6 Å². The van der Waals surface area contributed by atoms with Gasteiger partial charge in [-0.1, -0.05) is 11.4 Å². The average Bonchev–Trinajstić information content (AvgIpc) is 2.55. The Morgan fingerprint density at radius 3 is 2.52 bits per heavy atom. The summed E-state index contributed by atoms with van der Waals surface area (Å²) in [5, 5.41) is 3.03. The zero-order chi connectivity index (χ0) is 18.6. The highest BCUT2D eigenvalue weighted by atomic mass is 127. The van der Waals surface area contributed by atoms with Crippen molar-refractivity contribution in [3.05, 3.63) is 51.3 Å². The number of nitrogens with zero attached hydrogens (tertiary/aromatic N) is 1. The highest BCUT2D eigenvalue weighted by Crippen LogP contribution is 2.30. The van der Waals surface area contributed by atoms with Crippen molar-refractivity contribution < 1.29 is 17.6 Å². The molecule has 2 aromatic rings. The number of nitrogens with one attached hydrogen (secondary N) is 1. The number of aryl methyl sites for hydroxylation is 1. The molecule has 25 heavy (non-hydrogen) atoms. The van der Waals surface area contributed by atoms with E-state index in [4.69, 9.17) is 4.84 Å². The summed E-state index contributed by atoms with van der Waals surface area (Å²) in [4.78, 5) is 4.97. The molecule has 0 bridgehead atoms. The first-order chi connectivity index (χ1) is 11.8. The van der Waals surface area contributed by atoms with Gasteiger partial charge in [-0.15, -0.1) is 0 Å². The fourth-order valence-electron chi connectivity index (χ4n) is 2.34. The lowest BCUT2D eigenvalue weighted by molar-refractivity contribution is -0.0482. The van der Waals surface area contributed by atoms with Crippen LogP contribution in [0.4, 0.5) is 15.8 Å². The molecule has 0 spiro atoms. The number of benzene rings is 2. The molecule has 0 saturated heterocycles. The number of halogens is 2. The van der Waals surface area contributed by atoms with Crippen molar-refractivity contribution in [1.82, 2.24) is 4.47 Å². The summed E-state index contributed by atoms with van der Waals surface area (Å²) in [6, 6.07) is 9.22. The Bertz CT molecular complexity index is 859. The van der Waals surface area contributed by atoms with Crippen LogP contribution < -0.4 is 5.32 Å². The lowest BCUT2D eigenvalue weighted by atomic mass is 10.2. The Kier molecular flexibility index (Phi) is 6.78. The molecule has 1 N–H and O–H groups in total. The van der Waals surface area contributed by atoms with Crippen LogP contribution in [0.1, 0.15) is 18.9 Å². The van der Waals surface area contributed by atoms with E-state index in [9.17, 15) is 12.8 Å².